The van der Waals surface area contributed by atoms with Gasteiger partial charge in [0.2, 0.25) is 0 Å². The maximum absolute atomic E-state index is 13.4. The van der Waals surface area contributed by atoms with Crippen molar-refractivity contribution in [2.24, 2.45) is 0 Å². The lowest BCUT2D eigenvalue weighted by Crippen LogP contribution is -2.07. The number of carbonyl (C=O) groups is 1. The third kappa shape index (κ3) is 6.09. The van der Waals surface area contributed by atoms with Gasteiger partial charge in [0.25, 0.3) is 0 Å². The number of rotatable bonds is 8. The molecule has 6 nitrogen and oxygen atoms in total. The zero-order chi connectivity index (χ0) is 26.5. The molecule has 0 saturated heterocycles. The topological polar surface area (TPSA) is 66.2 Å². The predicted molar refractivity (Wildman–Crippen MR) is 138 cm³/mol. The van der Waals surface area contributed by atoms with Crippen LogP contribution in [0.5, 0.6) is 5.75 Å². The van der Waals surface area contributed by atoms with Crippen molar-refractivity contribution in [3.05, 3.63) is 101 Å². The van der Waals surface area contributed by atoms with Crippen LogP contribution in [0.15, 0.2) is 78.1 Å². The fourth-order valence-electron chi connectivity index (χ4n) is 3.84. The van der Waals surface area contributed by atoms with Gasteiger partial charge >= 0.3 is 5.97 Å². The highest BCUT2D eigenvalue weighted by Gasteiger charge is 2.21. The fourth-order valence-corrected chi connectivity index (χ4v) is 3.84. The van der Waals surface area contributed by atoms with E-state index in [1.165, 1.54) is 24.3 Å². The van der Waals surface area contributed by atoms with E-state index >= 15 is 0 Å². The molecule has 190 valence electrons. The van der Waals surface area contributed by atoms with Gasteiger partial charge in [0, 0.05) is 11.3 Å². The van der Waals surface area contributed by atoms with Gasteiger partial charge in [0.05, 0.1) is 29.8 Å². The molecule has 0 amide bonds. The highest BCUT2D eigenvalue weighted by Crippen LogP contribution is 2.28. The molecule has 37 heavy (non-hydrogen) atoms. The number of ether oxygens (including phenoxy) is 2. The SMILES string of the molecule is CCOC(=O)c1cc(-c2ccc(F)cc2)nc2nn(C/C(C)=C/C=C(\C)Oc3ccc(F)cc3)c(C)c12. The maximum atomic E-state index is 13.4. The molecule has 2 heterocycles. The number of benzene rings is 2. The summed E-state index contributed by atoms with van der Waals surface area (Å²) in [5, 5.41) is 5.27. The average molecular weight is 504 g/mol. The Morgan fingerprint density at radius 2 is 1.65 bits per heavy atom. The first-order chi connectivity index (χ1) is 17.7. The van der Waals surface area contributed by atoms with Crippen molar-refractivity contribution < 1.29 is 23.0 Å². The Kier molecular flexibility index (Phi) is 7.77. The summed E-state index contributed by atoms with van der Waals surface area (Å²) in [7, 11) is 0. The Morgan fingerprint density at radius 1 is 1.00 bits per heavy atom. The Bertz CT molecular complexity index is 1490. The molecule has 0 fully saturated rings. The molecule has 0 unspecified atom stereocenters. The average Bonchev–Trinajstić information content (AvgIpc) is 3.19. The number of hydrogen-bond acceptors (Lipinski definition) is 5. The molecule has 0 radical (unpaired) electrons. The van der Waals surface area contributed by atoms with Crippen molar-refractivity contribution in [1.29, 1.82) is 0 Å². The van der Waals surface area contributed by atoms with Crippen LogP contribution >= 0.6 is 0 Å². The smallest absolute Gasteiger partial charge is 0.339 e. The van der Waals surface area contributed by atoms with Crippen LogP contribution in [0.2, 0.25) is 0 Å². The van der Waals surface area contributed by atoms with E-state index in [-0.39, 0.29) is 18.2 Å². The summed E-state index contributed by atoms with van der Waals surface area (Å²) in [4.78, 5) is 17.5. The number of allylic oxidation sites excluding steroid dienone is 4. The third-order valence-electron chi connectivity index (χ3n) is 5.69. The second-order valence-electron chi connectivity index (χ2n) is 8.57. The minimum Gasteiger partial charge on any atom is -0.462 e. The zero-order valence-electron chi connectivity index (χ0n) is 21.1. The first kappa shape index (κ1) is 25.8. The number of nitrogens with zero attached hydrogens (tertiary/aromatic N) is 3. The minimum atomic E-state index is -0.468. The van der Waals surface area contributed by atoms with Crippen molar-refractivity contribution in [2.75, 3.05) is 6.61 Å². The minimum absolute atomic E-state index is 0.231. The highest BCUT2D eigenvalue weighted by atomic mass is 19.1. The monoisotopic (exact) mass is 503 g/mol. The molecule has 4 rings (SSSR count). The van der Waals surface area contributed by atoms with E-state index in [9.17, 15) is 13.6 Å². The van der Waals surface area contributed by atoms with E-state index < -0.39 is 5.97 Å². The molecular formula is C29H27F2N3O3. The molecule has 0 saturated carbocycles. The van der Waals surface area contributed by atoms with E-state index in [1.807, 2.05) is 32.9 Å². The fraction of sp³-hybridized carbons (Fsp3) is 0.207. The van der Waals surface area contributed by atoms with E-state index in [1.54, 1.807) is 41.9 Å². The molecule has 2 aromatic heterocycles. The molecule has 0 aliphatic rings. The lowest BCUT2D eigenvalue weighted by Gasteiger charge is -2.08. The van der Waals surface area contributed by atoms with Gasteiger partial charge in [-0.2, -0.15) is 5.10 Å². The number of aromatic nitrogens is 3. The van der Waals surface area contributed by atoms with Gasteiger partial charge in [-0.3, -0.25) is 4.68 Å². The van der Waals surface area contributed by atoms with Crippen LogP contribution in [-0.2, 0) is 11.3 Å². The number of esters is 1. The number of halogens is 2. The summed E-state index contributed by atoms with van der Waals surface area (Å²) in [5.74, 6) is 0.0420. The zero-order valence-corrected chi connectivity index (χ0v) is 21.1. The standard InChI is InChI=1S/C29H27F2N3O3/c1-5-36-29(35)25-16-26(21-8-10-22(30)11-9-21)32-28-27(25)20(4)34(33-28)17-18(2)6-7-19(3)37-24-14-12-23(31)13-15-24/h6-16H,5,17H2,1-4H3/b18-6+,19-7+. The van der Waals surface area contributed by atoms with Crippen molar-refractivity contribution in [3.63, 3.8) is 0 Å². The Morgan fingerprint density at radius 3 is 2.30 bits per heavy atom. The molecule has 0 N–H and O–H groups in total. The normalized spacial score (nSPS) is 12.2. The first-order valence-corrected chi connectivity index (χ1v) is 11.8. The molecule has 0 bridgehead atoms. The van der Waals surface area contributed by atoms with Crippen LogP contribution < -0.4 is 4.74 Å². The van der Waals surface area contributed by atoms with E-state index in [2.05, 4.69) is 10.1 Å². The van der Waals surface area contributed by atoms with Crippen LogP contribution in [0.25, 0.3) is 22.3 Å². The predicted octanol–water partition coefficient (Wildman–Crippen LogP) is 6.79. The third-order valence-corrected chi connectivity index (χ3v) is 5.69. The summed E-state index contributed by atoms with van der Waals surface area (Å²) in [6.45, 7) is 8.08. The lowest BCUT2D eigenvalue weighted by atomic mass is 10.1. The number of fused-ring (bicyclic) bond motifs is 1. The number of hydrogen-bond donors (Lipinski definition) is 0. The molecular weight excluding hydrogens is 476 g/mol. The van der Waals surface area contributed by atoms with Crippen LogP contribution in [0.4, 0.5) is 8.78 Å². The summed E-state index contributed by atoms with van der Waals surface area (Å²) >= 11 is 0. The van der Waals surface area contributed by atoms with Crippen molar-refractivity contribution in [2.45, 2.75) is 34.2 Å². The van der Waals surface area contributed by atoms with Gasteiger partial charge in [-0.1, -0.05) is 11.6 Å². The molecule has 8 heteroatoms. The van der Waals surface area contributed by atoms with E-state index in [4.69, 9.17) is 9.47 Å². The Hall–Kier alpha value is -4.33. The van der Waals surface area contributed by atoms with E-state index in [0.29, 0.717) is 45.9 Å². The molecule has 0 spiro atoms. The van der Waals surface area contributed by atoms with E-state index in [0.717, 1.165) is 11.3 Å². The highest BCUT2D eigenvalue weighted by molar-refractivity contribution is 6.04. The Balaban J connectivity index is 1.65. The second kappa shape index (κ2) is 11.2. The van der Waals surface area contributed by atoms with Gasteiger partial charge < -0.3 is 9.47 Å². The summed E-state index contributed by atoms with van der Waals surface area (Å²) in [6.07, 6.45) is 3.74. The van der Waals surface area contributed by atoms with Crippen LogP contribution in [0.3, 0.4) is 0 Å². The molecule has 0 atom stereocenters. The van der Waals surface area contributed by atoms with Crippen LogP contribution in [0, 0.1) is 18.6 Å². The van der Waals surface area contributed by atoms with Gasteiger partial charge in [0.15, 0.2) is 5.65 Å². The summed E-state index contributed by atoms with van der Waals surface area (Å²) in [6, 6.07) is 13.4. The van der Waals surface area contributed by atoms with Crippen LogP contribution in [0.1, 0.15) is 36.8 Å². The van der Waals surface area contributed by atoms with Gasteiger partial charge in [-0.15, -0.1) is 0 Å². The quantitative estimate of drug-likeness (QED) is 0.150. The second-order valence-corrected chi connectivity index (χ2v) is 8.57. The number of pyridine rings is 1. The largest absolute Gasteiger partial charge is 0.462 e. The lowest BCUT2D eigenvalue weighted by molar-refractivity contribution is 0.0528. The number of aryl methyl sites for hydroxylation is 1. The van der Waals surface area contributed by atoms with Gasteiger partial charge in [-0.25, -0.2) is 18.6 Å². The molecule has 0 aliphatic carbocycles. The van der Waals surface area contributed by atoms with Crippen molar-refractivity contribution in [1.82, 2.24) is 14.8 Å². The molecule has 0 aliphatic heterocycles. The van der Waals surface area contributed by atoms with Gasteiger partial charge in [-0.05, 0) is 88.4 Å². The van der Waals surface area contributed by atoms with Crippen molar-refractivity contribution in [3.8, 4) is 17.0 Å². The summed E-state index contributed by atoms with van der Waals surface area (Å²) in [5.41, 5.74) is 3.69. The molecule has 4 aromatic rings. The first-order valence-electron chi connectivity index (χ1n) is 11.8. The van der Waals surface area contributed by atoms with Gasteiger partial charge in [0.1, 0.15) is 23.1 Å². The maximum Gasteiger partial charge on any atom is 0.339 e. The molecule has 2 aromatic carbocycles. The number of carbonyl (C=O) groups excluding carboxylic acids is 1. The summed E-state index contributed by atoms with van der Waals surface area (Å²) < 4.78 is 39.3. The Labute approximate surface area is 213 Å². The van der Waals surface area contributed by atoms with Crippen LogP contribution in [-0.4, -0.2) is 27.3 Å². The van der Waals surface area contributed by atoms with Crippen molar-refractivity contribution >= 4 is 17.0 Å².